The van der Waals surface area contributed by atoms with E-state index in [1.807, 2.05) is 18.7 Å². The molecule has 0 aliphatic carbocycles. The Morgan fingerprint density at radius 1 is 1.24 bits per heavy atom. The van der Waals surface area contributed by atoms with Crippen LogP contribution < -0.4 is 16.0 Å². The first-order chi connectivity index (χ1) is 13.6. The van der Waals surface area contributed by atoms with Crippen LogP contribution in [0.3, 0.4) is 0 Å². The van der Waals surface area contributed by atoms with Crippen LogP contribution in [0.2, 0.25) is 0 Å². The van der Waals surface area contributed by atoms with Gasteiger partial charge in [-0.3, -0.25) is 0 Å². The third kappa shape index (κ3) is 6.17. The van der Waals surface area contributed by atoms with Gasteiger partial charge >= 0.3 is 0 Å². The Balaban J connectivity index is 2.44. The summed E-state index contributed by atoms with van der Waals surface area (Å²) in [7, 11) is 0. The topological polar surface area (TPSA) is 54.2 Å². The van der Waals surface area contributed by atoms with Crippen molar-refractivity contribution in [3.05, 3.63) is 54.4 Å². The summed E-state index contributed by atoms with van der Waals surface area (Å²) >= 11 is 0. The van der Waals surface area contributed by atoms with Crippen molar-refractivity contribution in [1.82, 2.24) is 10.3 Å². The first kappa shape index (κ1) is 22.7. The van der Waals surface area contributed by atoms with E-state index < -0.39 is 5.92 Å². The first-order valence-electron chi connectivity index (χ1n) is 10.1. The highest BCUT2D eigenvalue weighted by Crippen LogP contribution is 2.32. The molecule has 1 aromatic carbocycles. The molecule has 4 nitrogen and oxygen atoms in total. The number of pyridine rings is 1. The lowest BCUT2D eigenvalue weighted by molar-refractivity contribution is 0.0175. The molecule has 0 amide bonds. The molecule has 0 radical (unpaired) electrons. The summed E-state index contributed by atoms with van der Waals surface area (Å²) in [6.45, 7) is 12.0. The molecule has 6 heteroatoms. The second-order valence-corrected chi connectivity index (χ2v) is 7.68. The van der Waals surface area contributed by atoms with Crippen molar-refractivity contribution in [2.24, 2.45) is 0 Å². The minimum absolute atomic E-state index is 0.0409. The molecule has 0 aliphatic rings. The molecule has 0 unspecified atom stereocenters. The Morgan fingerprint density at radius 3 is 2.59 bits per heavy atom. The predicted molar refractivity (Wildman–Crippen MR) is 118 cm³/mol. The first-order valence-corrected chi connectivity index (χ1v) is 10.1. The van der Waals surface area contributed by atoms with Crippen LogP contribution in [0.4, 0.5) is 20.3 Å². The third-order valence-electron chi connectivity index (χ3n) is 4.59. The average Bonchev–Trinajstić information content (AvgIpc) is 2.65. The highest BCUT2D eigenvalue weighted by Gasteiger charge is 2.24. The summed E-state index contributed by atoms with van der Waals surface area (Å²) in [4.78, 5) is 6.71. The number of nitrogens with two attached hydrogens (primary N) is 1. The molecule has 2 aromatic rings. The molecule has 1 heterocycles. The lowest BCUT2D eigenvalue weighted by Crippen LogP contribution is -2.36. The summed E-state index contributed by atoms with van der Waals surface area (Å²) in [5, 5.41) is 3.32. The molecule has 1 aromatic heterocycles. The second-order valence-electron chi connectivity index (χ2n) is 7.68. The van der Waals surface area contributed by atoms with Crippen LogP contribution in [0.5, 0.6) is 0 Å². The van der Waals surface area contributed by atoms with Gasteiger partial charge < -0.3 is 16.0 Å². The summed E-state index contributed by atoms with van der Waals surface area (Å²) in [6, 6.07) is 10.0. The largest absolute Gasteiger partial charge is 0.396 e. The number of anilines is 2. The van der Waals surface area contributed by atoms with E-state index in [4.69, 9.17) is 10.7 Å². The van der Waals surface area contributed by atoms with Crippen molar-refractivity contribution in [1.29, 1.82) is 0 Å². The number of hydrogen-bond donors (Lipinski definition) is 2. The number of nitrogens with zero attached hydrogens (tertiary/aromatic N) is 2. The normalized spacial score (nSPS) is 11.6. The van der Waals surface area contributed by atoms with Crippen LogP contribution in [-0.4, -0.2) is 17.6 Å². The average molecular weight is 403 g/mol. The van der Waals surface area contributed by atoms with Gasteiger partial charge in [-0.2, -0.15) is 0 Å². The molecular formula is C23H32F2N4. The van der Waals surface area contributed by atoms with Crippen LogP contribution in [0.25, 0.3) is 11.3 Å². The molecule has 0 saturated carbocycles. The fourth-order valence-corrected chi connectivity index (χ4v) is 3.09. The minimum atomic E-state index is -2.91. The van der Waals surface area contributed by atoms with E-state index in [2.05, 4.69) is 18.8 Å². The Morgan fingerprint density at radius 2 is 1.97 bits per heavy atom. The molecule has 158 valence electrons. The monoisotopic (exact) mass is 402 g/mol. The van der Waals surface area contributed by atoms with Crippen molar-refractivity contribution < 1.29 is 8.78 Å². The summed E-state index contributed by atoms with van der Waals surface area (Å²) < 4.78 is 27.5. The molecule has 3 N–H and O–H groups in total. The van der Waals surface area contributed by atoms with Gasteiger partial charge in [-0.1, -0.05) is 44.5 Å². The number of hydrogen-bond acceptors (Lipinski definition) is 4. The summed E-state index contributed by atoms with van der Waals surface area (Å²) in [5.74, 6) is -1.60. The van der Waals surface area contributed by atoms with E-state index in [0.29, 0.717) is 22.8 Å². The number of nitrogens with one attached hydrogen (secondary N) is 1. The molecule has 0 atom stereocenters. The van der Waals surface area contributed by atoms with Gasteiger partial charge in [-0.25, -0.2) is 13.8 Å². The van der Waals surface area contributed by atoms with E-state index in [1.54, 1.807) is 24.3 Å². The zero-order valence-corrected chi connectivity index (χ0v) is 17.8. The standard InChI is InChI=1S/C23H32F2N4/c1-6-7-8-14-29(17(4)27-16(2)3)22-20(26)12-13-21(28-22)18-10-9-11-19(15-18)23(5,24)25/h9-13,15-16,27H,4,6-8,14,26H2,1-3,5H3. The van der Waals surface area contributed by atoms with E-state index in [0.717, 1.165) is 38.6 Å². The highest BCUT2D eigenvalue weighted by atomic mass is 19.3. The maximum Gasteiger partial charge on any atom is 0.270 e. The highest BCUT2D eigenvalue weighted by molar-refractivity contribution is 5.71. The maximum atomic E-state index is 13.8. The third-order valence-corrected chi connectivity index (χ3v) is 4.59. The minimum Gasteiger partial charge on any atom is -0.396 e. The fraction of sp³-hybridized carbons (Fsp3) is 0.435. The quantitative estimate of drug-likeness (QED) is 0.485. The van der Waals surface area contributed by atoms with Crippen LogP contribution in [-0.2, 0) is 5.92 Å². The molecular weight excluding hydrogens is 370 g/mol. The molecule has 29 heavy (non-hydrogen) atoms. The van der Waals surface area contributed by atoms with Gasteiger partial charge in [0, 0.05) is 30.6 Å². The molecule has 0 aliphatic heterocycles. The smallest absolute Gasteiger partial charge is 0.270 e. The van der Waals surface area contributed by atoms with Crippen LogP contribution in [0, 0.1) is 0 Å². The molecule has 0 saturated heterocycles. The zero-order valence-electron chi connectivity index (χ0n) is 17.8. The lowest BCUT2D eigenvalue weighted by Gasteiger charge is -2.29. The Kier molecular flexibility index (Phi) is 7.59. The number of benzene rings is 1. The number of rotatable bonds is 10. The van der Waals surface area contributed by atoms with Gasteiger partial charge in [0.1, 0.15) is 0 Å². The number of alkyl halides is 2. The lowest BCUT2D eigenvalue weighted by atomic mass is 10.0. The molecule has 0 bridgehead atoms. The molecule has 0 spiro atoms. The van der Waals surface area contributed by atoms with E-state index in [1.165, 1.54) is 12.1 Å². The van der Waals surface area contributed by atoms with E-state index in [9.17, 15) is 8.78 Å². The Hall–Kier alpha value is -2.63. The zero-order chi connectivity index (χ0) is 21.6. The van der Waals surface area contributed by atoms with Gasteiger partial charge in [-0.15, -0.1) is 0 Å². The Labute approximate surface area is 172 Å². The summed E-state index contributed by atoms with van der Waals surface area (Å²) in [5.41, 5.74) is 7.95. The van der Waals surface area contributed by atoms with Crippen LogP contribution >= 0.6 is 0 Å². The molecule has 0 fully saturated rings. The van der Waals surface area contributed by atoms with Crippen molar-refractivity contribution in [3.63, 3.8) is 0 Å². The van der Waals surface area contributed by atoms with Crippen LogP contribution in [0.15, 0.2) is 48.8 Å². The second kappa shape index (κ2) is 9.72. The van der Waals surface area contributed by atoms with E-state index >= 15 is 0 Å². The van der Waals surface area contributed by atoms with Gasteiger partial charge in [0.25, 0.3) is 5.92 Å². The Bertz CT molecular complexity index is 828. The van der Waals surface area contributed by atoms with Crippen molar-refractivity contribution >= 4 is 11.5 Å². The van der Waals surface area contributed by atoms with Gasteiger partial charge in [0.2, 0.25) is 0 Å². The van der Waals surface area contributed by atoms with Gasteiger partial charge in [-0.05, 0) is 38.5 Å². The fourth-order valence-electron chi connectivity index (χ4n) is 3.09. The number of unbranched alkanes of at least 4 members (excludes halogenated alkanes) is 2. The van der Waals surface area contributed by atoms with Gasteiger partial charge in [0.15, 0.2) is 5.82 Å². The van der Waals surface area contributed by atoms with Crippen LogP contribution in [0.1, 0.15) is 52.5 Å². The SMILES string of the molecule is C=C(NC(C)C)N(CCCCC)c1nc(-c2cccc(C(C)(F)F)c2)ccc1N. The predicted octanol–water partition coefficient (Wildman–Crippen LogP) is 5.91. The van der Waals surface area contributed by atoms with Crippen molar-refractivity contribution in [3.8, 4) is 11.3 Å². The number of nitrogen functional groups attached to an aromatic ring is 1. The summed E-state index contributed by atoms with van der Waals surface area (Å²) in [6.07, 6.45) is 3.15. The number of aromatic nitrogens is 1. The maximum absolute atomic E-state index is 13.8. The number of halogens is 2. The van der Waals surface area contributed by atoms with E-state index in [-0.39, 0.29) is 11.6 Å². The molecule has 2 rings (SSSR count). The van der Waals surface area contributed by atoms with Crippen molar-refractivity contribution in [2.75, 3.05) is 17.2 Å². The van der Waals surface area contributed by atoms with Gasteiger partial charge in [0.05, 0.1) is 17.2 Å². The van der Waals surface area contributed by atoms with Crippen molar-refractivity contribution in [2.45, 2.75) is 58.9 Å².